The Kier molecular flexibility index (Phi) is 3.56. The van der Waals surface area contributed by atoms with Crippen molar-refractivity contribution in [2.45, 2.75) is 25.5 Å². The van der Waals surface area contributed by atoms with Crippen molar-refractivity contribution in [2.75, 3.05) is 32.7 Å². The summed E-state index contributed by atoms with van der Waals surface area (Å²) < 4.78 is 13.3. The van der Waals surface area contributed by atoms with Crippen LogP contribution in [0.15, 0.2) is 18.2 Å². The van der Waals surface area contributed by atoms with E-state index in [0.29, 0.717) is 6.42 Å². The molecule has 2 unspecified atom stereocenters. The van der Waals surface area contributed by atoms with Gasteiger partial charge in [0.25, 0.3) is 0 Å². The van der Waals surface area contributed by atoms with Crippen LogP contribution in [0.3, 0.4) is 0 Å². The molecular formula is C15H21FN2O. The van der Waals surface area contributed by atoms with Crippen LogP contribution < -0.4 is 0 Å². The van der Waals surface area contributed by atoms with Gasteiger partial charge in [-0.15, -0.1) is 0 Å². The molecule has 3 nitrogen and oxygen atoms in total. The van der Waals surface area contributed by atoms with E-state index in [1.54, 1.807) is 12.1 Å². The number of nitrogens with zero attached hydrogens (tertiary/aromatic N) is 2. The van der Waals surface area contributed by atoms with Gasteiger partial charge in [0.05, 0.1) is 6.10 Å². The molecule has 1 N–H and O–H groups in total. The van der Waals surface area contributed by atoms with Crippen molar-refractivity contribution in [3.05, 3.63) is 35.1 Å². The Morgan fingerprint density at radius 1 is 1.32 bits per heavy atom. The second-order valence-corrected chi connectivity index (χ2v) is 5.75. The molecule has 1 aromatic carbocycles. The lowest BCUT2D eigenvalue weighted by molar-refractivity contribution is -0.0453. The van der Waals surface area contributed by atoms with Crippen LogP contribution in [0.2, 0.25) is 0 Å². The molecule has 3 aliphatic rings. The fourth-order valence-corrected chi connectivity index (χ4v) is 3.24. The van der Waals surface area contributed by atoms with Crippen molar-refractivity contribution < 1.29 is 9.50 Å². The van der Waals surface area contributed by atoms with Gasteiger partial charge in [-0.25, -0.2) is 4.39 Å². The average molecular weight is 264 g/mol. The molecule has 2 atom stereocenters. The Bertz CT molecular complexity index is 457. The number of aryl methyl sites for hydroxylation is 1. The van der Waals surface area contributed by atoms with Gasteiger partial charge in [0, 0.05) is 45.2 Å². The minimum Gasteiger partial charge on any atom is -0.391 e. The van der Waals surface area contributed by atoms with Gasteiger partial charge < -0.3 is 5.11 Å². The van der Waals surface area contributed by atoms with Gasteiger partial charge in [-0.2, -0.15) is 0 Å². The molecule has 3 aliphatic heterocycles. The van der Waals surface area contributed by atoms with Gasteiger partial charge in [-0.05, 0) is 30.2 Å². The molecule has 0 spiro atoms. The maximum Gasteiger partial charge on any atom is 0.123 e. The smallest absolute Gasteiger partial charge is 0.123 e. The standard InChI is InChI=1S/C15H21FN2O/c1-11-2-3-13(16)8-12(11)9-15(19)14-10-17-4-6-18(14)7-5-17/h2-3,8,14-15,19H,4-7,9-10H2,1H3. The molecule has 3 saturated heterocycles. The SMILES string of the molecule is Cc1ccc(F)cc1CC(O)C1CN2CCN1CC2. The molecule has 0 saturated carbocycles. The van der Waals surface area contributed by atoms with Crippen LogP contribution in [0.5, 0.6) is 0 Å². The number of hydrogen-bond acceptors (Lipinski definition) is 3. The van der Waals surface area contributed by atoms with Gasteiger partial charge >= 0.3 is 0 Å². The average Bonchev–Trinajstić information content (AvgIpc) is 2.44. The van der Waals surface area contributed by atoms with E-state index in [-0.39, 0.29) is 11.9 Å². The second kappa shape index (κ2) is 5.19. The molecular weight excluding hydrogens is 243 g/mol. The molecule has 0 aromatic heterocycles. The normalized spacial score (nSPS) is 31.4. The number of piperazine rings is 3. The predicted molar refractivity (Wildman–Crippen MR) is 72.6 cm³/mol. The second-order valence-electron chi connectivity index (χ2n) is 5.75. The monoisotopic (exact) mass is 264 g/mol. The van der Waals surface area contributed by atoms with Crippen molar-refractivity contribution in [3.8, 4) is 0 Å². The van der Waals surface area contributed by atoms with Crippen LogP contribution in [-0.4, -0.2) is 59.8 Å². The van der Waals surface area contributed by atoms with Crippen LogP contribution in [-0.2, 0) is 6.42 Å². The highest BCUT2D eigenvalue weighted by Gasteiger charge is 2.36. The number of aliphatic hydroxyl groups excluding tert-OH is 1. The summed E-state index contributed by atoms with van der Waals surface area (Å²) in [4.78, 5) is 4.78. The quantitative estimate of drug-likeness (QED) is 0.883. The summed E-state index contributed by atoms with van der Waals surface area (Å²) in [5.41, 5.74) is 1.97. The molecule has 4 rings (SSSR count). The molecule has 0 aliphatic carbocycles. The zero-order chi connectivity index (χ0) is 13.4. The summed E-state index contributed by atoms with van der Waals surface area (Å²) >= 11 is 0. The Morgan fingerprint density at radius 2 is 2.05 bits per heavy atom. The van der Waals surface area contributed by atoms with E-state index in [1.807, 2.05) is 6.92 Å². The third-order valence-electron chi connectivity index (χ3n) is 4.51. The number of fused-ring (bicyclic) bond motifs is 3. The van der Waals surface area contributed by atoms with Crippen molar-refractivity contribution in [1.29, 1.82) is 0 Å². The maximum absolute atomic E-state index is 13.3. The lowest BCUT2D eigenvalue weighted by atomic mass is 9.95. The topological polar surface area (TPSA) is 26.7 Å². The Morgan fingerprint density at radius 3 is 2.68 bits per heavy atom. The zero-order valence-electron chi connectivity index (χ0n) is 11.3. The number of halogens is 1. The number of hydrogen-bond donors (Lipinski definition) is 1. The van der Waals surface area contributed by atoms with Gasteiger partial charge in [0.2, 0.25) is 0 Å². The summed E-state index contributed by atoms with van der Waals surface area (Å²) in [6.07, 6.45) is 0.127. The lowest BCUT2D eigenvalue weighted by Crippen LogP contribution is -2.64. The lowest BCUT2D eigenvalue weighted by Gasteiger charge is -2.49. The van der Waals surface area contributed by atoms with E-state index in [1.165, 1.54) is 6.07 Å². The molecule has 0 amide bonds. The van der Waals surface area contributed by atoms with Crippen LogP contribution in [0.25, 0.3) is 0 Å². The molecule has 104 valence electrons. The molecule has 19 heavy (non-hydrogen) atoms. The summed E-state index contributed by atoms with van der Waals surface area (Å²) in [6, 6.07) is 5.01. The molecule has 4 heteroatoms. The molecule has 0 radical (unpaired) electrons. The summed E-state index contributed by atoms with van der Waals surface area (Å²) in [5.74, 6) is -0.220. The summed E-state index contributed by atoms with van der Waals surface area (Å²) in [5, 5.41) is 10.5. The van der Waals surface area contributed by atoms with Crippen LogP contribution in [0.1, 0.15) is 11.1 Å². The third-order valence-corrected chi connectivity index (χ3v) is 4.51. The minimum atomic E-state index is -0.413. The summed E-state index contributed by atoms with van der Waals surface area (Å²) in [7, 11) is 0. The summed E-state index contributed by atoms with van der Waals surface area (Å²) in [6.45, 7) is 7.23. The first kappa shape index (κ1) is 13.0. The van der Waals surface area contributed by atoms with Crippen LogP contribution in [0, 0.1) is 12.7 Å². The van der Waals surface area contributed by atoms with Gasteiger partial charge in [-0.3, -0.25) is 9.80 Å². The highest BCUT2D eigenvalue weighted by Crippen LogP contribution is 2.21. The molecule has 3 heterocycles. The minimum absolute atomic E-state index is 0.199. The molecule has 2 bridgehead atoms. The Labute approximate surface area is 113 Å². The van der Waals surface area contributed by atoms with E-state index in [4.69, 9.17) is 0 Å². The largest absolute Gasteiger partial charge is 0.391 e. The first-order valence-corrected chi connectivity index (χ1v) is 7.03. The van der Waals surface area contributed by atoms with E-state index in [0.717, 1.165) is 43.9 Å². The fourth-order valence-electron chi connectivity index (χ4n) is 3.24. The van der Waals surface area contributed by atoms with E-state index in [9.17, 15) is 9.50 Å². The number of benzene rings is 1. The Balaban J connectivity index is 1.71. The highest BCUT2D eigenvalue weighted by molar-refractivity contribution is 5.27. The van der Waals surface area contributed by atoms with Crippen molar-refractivity contribution in [3.63, 3.8) is 0 Å². The number of aliphatic hydroxyl groups is 1. The third kappa shape index (κ3) is 2.66. The first-order valence-electron chi connectivity index (χ1n) is 7.03. The molecule has 1 aromatic rings. The zero-order valence-corrected chi connectivity index (χ0v) is 11.3. The van der Waals surface area contributed by atoms with E-state index in [2.05, 4.69) is 9.80 Å². The van der Waals surface area contributed by atoms with Crippen molar-refractivity contribution >= 4 is 0 Å². The fraction of sp³-hybridized carbons (Fsp3) is 0.600. The van der Waals surface area contributed by atoms with Gasteiger partial charge in [0.1, 0.15) is 5.82 Å². The number of rotatable bonds is 3. The first-order chi connectivity index (χ1) is 9.13. The Hall–Kier alpha value is -0.970. The van der Waals surface area contributed by atoms with Gasteiger partial charge in [0.15, 0.2) is 0 Å². The van der Waals surface area contributed by atoms with Crippen LogP contribution >= 0.6 is 0 Å². The van der Waals surface area contributed by atoms with Gasteiger partial charge in [-0.1, -0.05) is 6.07 Å². The maximum atomic E-state index is 13.3. The van der Waals surface area contributed by atoms with Crippen LogP contribution in [0.4, 0.5) is 4.39 Å². The predicted octanol–water partition coefficient (Wildman–Crippen LogP) is 1.04. The van der Waals surface area contributed by atoms with E-state index < -0.39 is 6.10 Å². The van der Waals surface area contributed by atoms with Crippen molar-refractivity contribution in [1.82, 2.24) is 9.80 Å². The molecule has 3 fully saturated rings. The van der Waals surface area contributed by atoms with E-state index >= 15 is 0 Å². The highest BCUT2D eigenvalue weighted by atomic mass is 19.1. The van der Waals surface area contributed by atoms with Crippen molar-refractivity contribution in [2.24, 2.45) is 0 Å².